The highest BCUT2D eigenvalue weighted by Crippen LogP contribution is 2.22. The van der Waals surface area contributed by atoms with Crippen LogP contribution in [-0.4, -0.2) is 16.5 Å². The van der Waals surface area contributed by atoms with Gasteiger partial charge < -0.3 is 0 Å². The summed E-state index contributed by atoms with van der Waals surface area (Å²) < 4.78 is 13.3. The van der Waals surface area contributed by atoms with Gasteiger partial charge in [0, 0.05) is 16.1 Å². The van der Waals surface area contributed by atoms with Gasteiger partial charge >= 0.3 is 0 Å². The molecule has 0 unspecified atom stereocenters. The van der Waals surface area contributed by atoms with E-state index in [4.69, 9.17) is 11.6 Å². The Labute approximate surface area is 113 Å². The molecule has 0 amide bonds. The maximum absolute atomic E-state index is 13.3. The lowest BCUT2D eigenvalue weighted by molar-refractivity contribution is 0.101. The van der Waals surface area contributed by atoms with E-state index in [2.05, 4.69) is 4.98 Å². The Morgan fingerprint density at radius 2 is 2.22 bits per heavy atom. The molecule has 1 heterocycles. The Bertz CT molecular complexity index is 576. The second kappa shape index (κ2) is 5.98. The van der Waals surface area contributed by atoms with Crippen molar-refractivity contribution in [1.29, 1.82) is 0 Å². The molecule has 0 fully saturated rings. The summed E-state index contributed by atoms with van der Waals surface area (Å²) in [6.45, 7) is 0. The minimum Gasteiger partial charge on any atom is -0.293 e. The van der Waals surface area contributed by atoms with Crippen molar-refractivity contribution in [3.05, 3.63) is 59.1 Å². The Morgan fingerprint density at radius 3 is 2.94 bits per heavy atom. The molecule has 0 atom stereocenters. The summed E-state index contributed by atoms with van der Waals surface area (Å²) in [5.41, 5.74) is 0.0690. The second-order valence-electron chi connectivity index (χ2n) is 3.52. The van der Waals surface area contributed by atoms with Crippen LogP contribution in [0.25, 0.3) is 0 Å². The average molecular weight is 282 g/mol. The fourth-order valence-corrected chi connectivity index (χ4v) is 2.48. The Balaban J connectivity index is 2.03. The van der Waals surface area contributed by atoms with E-state index in [1.807, 2.05) is 12.1 Å². The molecule has 2 aromatic rings. The normalized spacial score (nSPS) is 10.3. The summed E-state index contributed by atoms with van der Waals surface area (Å²) in [6.07, 6.45) is 2.44. The van der Waals surface area contributed by atoms with Crippen LogP contribution in [0.15, 0.2) is 47.6 Å². The van der Waals surface area contributed by atoms with Crippen LogP contribution in [0.5, 0.6) is 0 Å². The number of rotatable bonds is 4. The zero-order valence-electron chi connectivity index (χ0n) is 9.27. The molecule has 1 aromatic heterocycles. The molecule has 92 valence electrons. The van der Waals surface area contributed by atoms with Crippen molar-refractivity contribution in [2.24, 2.45) is 0 Å². The summed E-state index contributed by atoms with van der Waals surface area (Å²) in [5.74, 6) is -0.685. The molecule has 0 aliphatic heterocycles. The third-order valence-corrected chi connectivity index (χ3v) is 3.47. The predicted molar refractivity (Wildman–Crippen MR) is 70.7 cm³/mol. The first-order chi connectivity index (χ1) is 8.66. The number of carbonyl (C=O) groups excluding carboxylic acids is 1. The van der Waals surface area contributed by atoms with Crippen molar-refractivity contribution in [2.45, 2.75) is 4.90 Å². The fraction of sp³-hybridized carbons (Fsp3) is 0.0769. The minimum atomic E-state index is -0.589. The summed E-state index contributed by atoms with van der Waals surface area (Å²) in [7, 11) is 0. The maximum Gasteiger partial charge on any atom is 0.176 e. The molecular formula is C13H9ClFNOS. The Morgan fingerprint density at radius 1 is 1.39 bits per heavy atom. The van der Waals surface area contributed by atoms with Crippen molar-refractivity contribution in [1.82, 2.24) is 4.98 Å². The lowest BCUT2D eigenvalue weighted by Crippen LogP contribution is -2.05. The molecule has 0 radical (unpaired) electrons. The number of Topliss-reactive ketones (excluding diaryl/α,β-unsaturated/α-hetero) is 1. The van der Waals surface area contributed by atoms with Gasteiger partial charge in [-0.05, 0) is 24.3 Å². The summed E-state index contributed by atoms with van der Waals surface area (Å²) in [5, 5.41) is 0.613. The van der Waals surface area contributed by atoms with E-state index in [0.717, 1.165) is 11.1 Å². The molecule has 2 nitrogen and oxygen atoms in total. The highest BCUT2D eigenvalue weighted by Gasteiger charge is 2.11. The number of benzene rings is 1. The van der Waals surface area contributed by atoms with Gasteiger partial charge in [0.15, 0.2) is 11.6 Å². The lowest BCUT2D eigenvalue weighted by Gasteiger charge is -2.02. The molecular weight excluding hydrogens is 273 g/mol. The monoisotopic (exact) mass is 281 g/mol. The van der Waals surface area contributed by atoms with Gasteiger partial charge in [0.25, 0.3) is 0 Å². The molecule has 0 bridgehead atoms. The van der Waals surface area contributed by atoms with E-state index in [1.54, 1.807) is 12.1 Å². The smallest absolute Gasteiger partial charge is 0.176 e. The molecule has 2 rings (SSSR count). The van der Waals surface area contributed by atoms with Gasteiger partial charge in [-0.1, -0.05) is 17.7 Å². The van der Waals surface area contributed by atoms with Crippen LogP contribution in [0.3, 0.4) is 0 Å². The molecule has 18 heavy (non-hydrogen) atoms. The average Bonchev–Trinajstić information content (AvgIpc) is 2.37. The summed E-state index contributed by atoms with van der Waals surface area (Å²) in [6, 6.07) is 8.57. The quantitative estimate of drug-likeness (QED) is 0.630. The molecule has 0 aliphatic carbocycles. The molecule has 0 saturated heterocycles. The van der Waals surface area contributed by atoms with Crippen LogP contribution in [0.4, 0.5) is 4.39 Å². The highest BCUT2D eigenvalue weighted by molar-refractivity contribution is 8.00. The van der Waals surface area contributed by atoms with Crippen molar-refractivity contribution in [2.75, 3.05) is 5.75 Å². The van der Waals surface area contributed by atoms with E-state index < -0.39 is 5.82 Å². The topological polar surface area (TPSA) is 30.0 Å². The largest absolute Gasteiger partial charge is 0.293 e. The summed E-state index contributed by atoms with van der Waals surface area (Å²) in [4.78, 5) is 16.3. The third-order valence-electron chi connectivity index (χ3n) is 2.24. The van der Waals surface area contributed by atoms with Gasteiger partial charge in [-0.2, -0.15) is 0 Å². The predicted octanol–water partition coefficient (Wildman–Crippen LogP) is 3.85. The van der Waals surface area contributed by atoms with Crippen LogP contribution in [0.2, 0.25) is 5.02 Å². The number of aromatic nitrogens is 1. The van der Waals surface area contributed by atoms with E-state index >= 15 is 0 Å². The molecule has 0 saturated carbocycles. The number of thioether (sulfide) groups is 1. The lowest BCUT2D eigenvalue weighted by atomic mass is 10.2. The van der Waals surface area contributed by atoms with Crippen LogP contribution in [-0.2, 0) is 0 Å². The first kappa shape index (κ1) is 13.1. The van der Waals surface area contributed by atoms with Gasteiger partial charge in [-0.3, -0.25) is 9.78 Å². The SMILES string of the molecule is O=C(CSc1cccc(Cl)c1)c1ccncc1F. The first-order valence-electron chi connectivity index (χ1n) is 5.18. The van der Waals surface area contributed by atoms with Crippen LogP contribution in [0.1, 0.15) is 10.4 Å². The molecule has 5 heteroatoms. The third kappa shape index (κ3) is 3.31. The number of nitrogens with zero attached hydrogens (tertiary/aromatic N) is 1. The first-order valence-corrected chi connectivity index (χ1v) is 6.54. The van der Waals surface area contributed by atoms with E-state index in [-0.39, 0.29) is 17.1 Å². The van der Waals surface area contributed by atoms with Gasteiger partial charge in [-0.15, -0.1) is 11.8 Å². The minimum absolute atomic E-state index is 0.0690. The van der Waals surface area contributed by atoms with E-state index in [0.29, 0.717) is 5.02 Å². The van der Waals surface area contributed by atoms with Crippen LogP contribution < -0.4 is 0 Å². The van der Waals surface area contributed by atoms with Crippen molar-refractivity contribution < 1.29 is 9.18 Å². The van der Waals surface area contributed by atoms with Crippen molar-refractivity contribution in [3.8, 4) is 0 Å². The molecule has 0 aliphatic rings. The number of hydrogen-bond acceptors (Lipinski definition) is 3. The van der Waals surface area contributed by atoms with Crippen LogP contribution >= 0.6 is 23.4 Å². The molecule has 0 spiro atoms. The number of carbonyl (C=O) groups is 1. The van der Waals surface area contributed by atoms with Crippen molar-refractivity contribution in [3.63, 3.8) is 0 Å². The standard InChI is InChI=1S/C13H9ClFNOS/c14-9-2-1-3-10(6-9)18-8-13(17)11-4-5-16-7-12(11)15/h1-7H,8H2. The fourth-order valence-electron chi connectivity index (χ4n) is 1.38. The van der Waals surface area contributed by atoms with Crippen molar-refractivity contribution >= 4 is 29.1 Å². The zero-order valence-corrected chi connectivity index (χ0v) is 10.8. The van der Waals surface area contributed by atoms with E-state index in [9.17, 15) is 9.18 Å². The number of pyridine rings is 1. The van der Waals surface area contributed by atoms with Gasteiger partial charge in [-0.25, -0.2) is 4.39 Å². The Hall–Kier alpha value is -1.39. The summed E-state index contributed by atoms with van der Waals surface area (Å²) >= 11 is 7.16. The van der Waals surface area contributed by atoms with E-state index in [1.165, 1.54) is 24.0 Å². The Kier molecular flexibility index (Phi) is 4.33. The second-order valence-corrected chi connectivity index (χ2v) is 5.01. The van der Waals surface area contributed by atoms with Crippen LogP contribution in [0, 0.1) is 5.82 Å². The molecule has 1 aromatic carbocycles. The maximum atomic E-state index is 13.3. The molecule has 0 N–H and O–H groups in total. The number of halogens is 2. The zero-order chi connectivity index (χ0) is 13.0. The van der Waals surface area contributed by atoms with Gasteiger partial charge in [0.05, 0.1) is 17.5 Å². The number of hydrogen-bond donors (Lipinski definition) is 0. The number of ketones is 1. The van der Waals surface area contributed by atoms with Gasteiger partial charge in [0.2, 0.25) is 0 Å². The van der Waals surface area contributed by atoms with Gasteiger partial charge in [0.1, 0.15) is 0 Å². The highest BCUT2D eigenvalue weighted by atomic mass is 35.5.